The molecule has 2 rings (SSSR count). The molecule has 0 aromatic heterocycles. The van der Waals surface area contributed by atoms with Gasteiger partial charge in [0.05, 0.1) is 7.11 Å². The topological polar surface area (TPSA) is 58.6 Å². The summed E-state index contributed by atoms with van der Waals surface area (Å²) in [6.07, 6.45) is 0. The Labute approximate surface area is 152 Å². The maximum absolute atomic E-state index is 12.1. The first-order valence-corrected chi connectivity index (χ1v) is 8.30. The Balaban J connectivity index is 1.94. The van der Waals surface area contributed by atoms with Crippen molar-refractivity contribution in [3.63, 3.8) is 0 Å². The lowest BCUT2D eigenvalue weighted by Gasteiger charge is -2.22. The monoisotopic (exact) mass is 360 g/mol. The molecule has 0 unspecified atom stereocenters. The fourth-order valence-corrected chi connectivity index (χ4v) is 2.61. The standard InChI is InChI=1S/C19H21ClN2O3/c1-14(23)22(13-16-6-3-4-9-18(16)25-2)11-10-21-19(24)15-7-5-8-17(20)12-15/h3-9,12H,10-11,13H2,1-2H3,(H,21,24). The van der Waals surface area contributed by atoms with E-state index in [2.05, 4.69) is 5.32 Å². The highest BCUT2D eigenvalue weighted by Crippen LogP contribution is 2.19. The van der Waals surface area contributed by atoms with Crippen LogP contribution in [0, 0.1) is 0 Å². The minimum atomic E-state index is -0.219. The molecule has 0 spiro atoms. The number of rotatable bonds is 7. The quantitative estimate of drug-likeness (QED) is 0.825. The zero-order chi connectivity index (χ0) is 18.2. The van der Waals surface area contributed by atoms with E-state index in [0.29, 0.717) is 30.2 Å². The molecule has 25 heavy (non-hydrogen) atoms. The molecule has 132 valence electrons. The van der Waals surface area contributed by atoms with Crippen LogP contribution >= 0.6 is 11.6 Å². The van der Waals surface area contributed by atoms with Crippen molar-refractivity contribution in [2.75, 3.05) is 20.2 Å². The number of para-hydroxylation sites is 1. The number of amides is 2. The summed E-state index contributed by atoms with van der Waals surface area (Å²) in [7, 11) is 1.60. The van der Waals surface area contributed by atoms with E-state index in [1.165, 1.54) is 6.92 Å². The molecule has 0 bridgehead atoms. The van der Waals surface area contributed by atoms with Crippen LogP contribution in [-0.2, 0) is 11.3 Å². The molecule has 0 heterocycles. The van der Waals surface area contributed by atoms with Gasteiger partial charge in [-0.2, -0.15) is 0 Å². The average molecular weight is 361 g/mol. The average Bonchev–Trinajstić information content (AvgIpc) is 2.61. The predicted molar refractivity (Wildman–Crippen MR) is 97.9 cm³/mol. The number of nitrogens with one attached hydrogen (secondary N) is 1. The van der Waals surface area contributed by atoms with Crippen LogP contribution in [0.5, 0.6) is 5.75 Å². The number of hydrogen-bond donors (Lipinski definition) is 1. The van der Waals surface area contributed by atoms with Crippen molar-refractivity contribution >= 4 is 23.4 Å². The zero-order valence-corrected chi connectivity index (χ0v) is 15.0. The summed E-state index contributed by atoms with van der Waals surface area (Å²) >= 11 is 5.89. The van der Waals surface area contributed by atoms with Crippen molar-refractivity contribution in [2.24, 2.45) is 0 Å². The van der Waals surface area contributed by atoms with E-state index in [4.69, 9.17) is 16.3 Å². The van der Waals surface area contributed by atoms with Gasteiger partial charge in [-0.1, -0.05) is 35.9 Å². The Bertz CT molecular complexity index is 749. The number of carbonyl (C=O) groups is 2. The highest BCUT2D eigenvalue weighted by Gasteiger charge is 2.13. The van der Waals surface area contributed by atoms with Crippen LogP contribution in [0.15, 0.2) is 48.5 Å². The molecule has 5 nitrogen and oxygen atoms in total. The van der Waals surface area contributed by atoms with E-state index < -0.39 is 0 Å². The third-order valence-electron chi connectivity index (χ3n) is 3.75. The van der Waals surface area contributed by atoms with E-state index >= 15 is 0 Å². The minimum absolute atomic E-state index is 0.0667. The predicted octanol–water partition coefficient (Wildman–Crippen LogP) is 3.13. The van der Waals surface area contributed by atoms with Crippen molar-refractivity contribution in [3.8, 4) is 5.75 Å². The lowest BCUT2D eigenvalue weighted by atomic mass is 10.2. The number of ether oxygens (including phenoxy) is 1. The van der Waals surface area contributed by atoms with Gasteiger partial charge in [-0.3, -0.25) is 9.59 Å². The molecule has 0 saturated carbocycles. The van der Waals surface area contributed by atoms with Gasteiger partial charge in [0, 0.05) is 42.7 Å². The van der Waals surface area contributed by atoms with Gasteiger partial charge in [-0.05, 0) is 24.3 Å². The first kappa shape index (κ1) is 18.8. The molecule has 0 aliphatic heterocycles. The van der Waals surface area contributed by atoms with Crippen LogP contribution < -0.4 is 10.1 Å². The number of halogens is 1. The Morgan fingerprint density at radius 1 is 1.16 bits per heavy atom. The van der Waals surface area contributed by atoms with Gasteiger partial charge < -0.3 is 15.0 Å². The molecule has 2 amide bonds. The molecule has 0 atom stereocenters. The summed E-state index contributed by atoms with van der Waals surface area (Å²) in [5.41, 5.74) is 1.41. The second-order valence-corrected chi connectivity index (χ2v) is 5.96. The van der Waals surface area contributed by atoms with Gasteiger partial charge in [0.25, 0.3) is 5.91 Å². The Hall–Kier alpha value is -2.53. The van der Waals surface area contributed by atoms with Crippen LogP contribution in [-0.4, -0.2) is 36.9 Å². The van der Waals surface area contributed by atoms with Crippen molar-refractivity contribution in [3.05, 3.63) is 64.7 Å². The Morgan fingerprint density at radius 3 is 2.60 bits per heavy atom. The van der Waals surface area contributed by atoms with Gasteiger partial charge in [-0.25, -0.2) is 0 Å². The first-order chi connectivity index (χ1) is 12.0. The van der Waals surface area contributed by atoms with Crippen molar-refractivity contribution in [2.45, 2.75) is 13.5 Å². The number of carbonyl (C=O) groups excluding carboxylic acids is 2. The number of benzene rings is 2. The van der Waals surface area contributed by atoms with E-state index in [0.717, 1.165) is 11.3 Å². The second-order valence-electron chi connectivity index (χ2n) is 5.52. The summed E-state index contributed by atoms with van der Waals surface area (Å²) in [6, 6.07) is 14.3. The molecule has 6 heteroatoms. The molecule has 1 N–H and O–H groups in total. The SMILES string of the molecule is COc1ccccc1CN(CCNC(=O)c1cccc(Cl)c1)C(C)=O. The van der Waals surface area contributed by atoms with Crippen LogP contribution in [0.2, 0.25) is 5.02 Å². The van der Waals surface area contributed by atoms with Crippen molar-refractivity contribution < 1.29 is 14.3 Å². The Kier molecular flexibility index (Phi) is 6.83. The third-order valence-corrected chi connectivity index (χ3v) is 3.99. The second kappa shape index (κ2) is 9.08. The van der Waals surface area contributed by atoms with Crippen molar-refractivity contribution in [1.29, 1.82) is 0 Å². The normalized spacial score (nSPS) is 10.2. The highest BCUT2D eigenvalue weighted by molar-refractivity contribution is 6.30. The highest BCUT2D eigenvalue weighted by atomic mass is 35.5. The largest absolute Gasteiger partial charge is 0.496 e. The van der Waals surface area contributed by atoms with E-state index in [9.17, 15) is 9.59 Å². The fourth-order valence-electron chi connectivity index (χ4n) is 2.42. The minimum Gasteiger partial charge on any atom is -0.496 e. The summed E-state index contributed by atoms with van der Waals surface area (Å²) in [5, 5.41) is 3.31. The molecule has 0 saturated heterocycles. The summed E-state index contributed by atoms with van der Waals surface area (Å²) < 4.78 is 5.32. The molecule has 0 aliphatic carbocycles. The van der Waals surface area contributed by atoms with Crippen LogP contribution in [0.1, 0.15) is 22.8 Å². The summed E-state index contributed by atoms with van der Waals surface area (Å²) in [5.74, 6) is 0.447. The van der Waals surface area contributed by atoms with Gasteiger partial charge in [0.15, 0.2) is 0 Å². The van der Waals surface area contributed by atoms with E-state index in [-0.39, 0.29) is 11.8 Å². The maximum atomic E-state index is 12.1. The fraction of sp³-hybridized carbons (Fsp3) is 0.263. The molecule has 0 radical (unpaired) electrons. The summed E-state index contributed by atoms with van der Waals surface area (Å²) in [6.45, 7) is 2.68. The number of methoxy groups -OCH3 is 1. The molecular formula is C19H21ClN2O3. The molecule has 2 aromatic carbocycles. The smallest absolute Gasteiger partial charge is 0.251 e. The van der Waals surface area contributed by atoms with E-state index in [1.807, 2.05) is 24.3 Å². The molecular weight excluding hydrogens is 340 g/mol. The third kappa shape index (κ3) is 5.50. The maximum Gasteiger partial charge on any atom is 0.251 e. The van der Waals surface area contributed by atoms with Gasteiger partial charge >= 0.3 is 0 Å². The van der Waals surface area contributed by atoms with Gasteiger partial charge in [-0.15, -0.1) is 0 Å². The lowest BCUT2D eigenvalue weighted by Crippen LogP contribution is -2.37. The number of hydrogen-bond acceptors (Lipinski definition) is 3. The number of nitrogens with zero attached hydrogens (tertiary/aromatic N) is 1. The first-order valence-electron chi connectivity index (χ1n) is 7.92. The van der Waals surface area contributed by atoms with Gasteiger partial charge in [0.1, 0.15) is 5.75 Å². The van der Waals surface area contributed by atoms with Gasteiger partial charge in [0.2, 0.25) is 5.91 Å². The molecule has 0 aliphatic rings. The zero-order valence-electron chi connectivity index (χ0n) is 14.3. The Morgan fingerprint density at radius 2 is 1.92 bits per heavy atom. The molecule has 0 fully saturated rings. The molecule has 2 aromatic rings. The van der Waals surface area contributed by atoms with Crippen LogP contribution in [0.4, 0.5) is 0 Å². The van der Waals surface area contributed by atoms with Crippen LogP contribution in [0.25, 0.3) is 0 Å². The van der Waals surface area contributed by atoms with E-state index in [1.54, 1.807) is 36.3 Å². The van der Waals surface area contributed by atoms with Crippen LogP contribution in [0.3, 0.4) is 0 Å². The van der Waals surface area contributed by atoms with Crippen molar-refractivity contribution in [1.82, 2.24) is 10.2 Å². The summed E-state index contributed by atoms with van der Waals surface area (Å²) in [4.78, 5) is 25.7. The lowest BCUT2D eigenvalue weighted by molar-refractivity contribution is -0.129.